The van der Waals surface area contributed by atoms with Gasteiger partial charge < -0.3 is 0 Å². The minimum atomic E-state index is -0.283. The van der Waals surface area contributed by atoms with Gasteiger partial charge >= 0.3 is 0 Å². The standard InChI is InChI=1S/C44H44F2/c1-4-6-8-10-37-22-28-41(43(45)30-37)38-23-17-36(18-24-38)21-27-40-31-44(46)42(29-32(40)3)39-25-19-35(20-26-39)16-15-34-13-11-33(12-14-34)9-7-5-2/h11-14,17-20,22-26,28-31H,4-10,15-16H2,1-3H3. The molecule has 5 aromatic carbocycles. The molecule has 0 aliphatic heterocycles. The van der Waals surface area contributed by atoms with Crippen LogP contribution in [-0.4, -0.2) is 0 Å². The van der Waals surface area contributed by atoms with Crippen LogP contribution in [-0.2, 0) is 25.7 Å². The van der Waals surface area contributed by atoms with Crippen molar-refractivity contribution in [2.45, 2.75) is 78.6 Å². The first-order chi connectivity index (χ1) is 22.4. The van der Waals surface area contributed by atoms with Gasteiger partial charge in [0.25, 0.3) is 0 Å². The highest BCUT2D eigenvalue weighted by Crippen LogP contribution is 2.28. The number of halogens is 2. The molecule has 0 aliphatic carbocycles. The molecule has 0 radical (unpaired) electrons. The van der Waals surface area contributed by atoms with Crippen LogP contribution in [0.4, 0.5) is 8.78 Å². The first-order valence-corrected chi connectivity index (χ1v) is 16.8. The zero-order valence-electron chi connectivity index (χ0n) is 27.4. The lowest BCUT2D eigenvalue weighted by Gasteiger charge is -2.09. The smallest absolute Gasteiger partial charge is 0.132 e. The van der Waals surface area contributed by atoms with Gasteiger partial charge in [0.1, 0.15) is 11.6 Å². The van der Waals surface area contributed by atoms with E-state index in [4.69, 9.17) is 0 Å². The van der Waals surface area contributed by atoms with E-state index in [1.807, 2.05) is 61.5 Å². The minimum Gasteiger partial charge on any atom is -0.206 e. The SMILES string of the molecule is CCCCCc1ccc(-c2ccc(C#Cc3cc(F)c(-c4ccc(CCc5ccc(CCCC)cc5)cc4)cc3C)cc2)c(F)c1. The summed E-state index contributed by atoms with van der Waals surface area (Å²) in [6.07, 6.45) is 9.83. The number of aryl methyl sites for hydroxylation is 5. The molecule has 234 valence electrons. The van der Waals surface area contributed by atoms with E-state index in [2.05, 4.69) is 62.1 Å². The molecular formula is C44H44F2. The monoisotopic (exact) mass is 610 g/mol. The van der Waals surface area contributed by atoms with E-state index < -0.39 is 0 Å². The third-order valence-corrected chi connectivity index (χ3v) is 8.76. The van der Waals surface area contributed by atoms with Gasteiger partial charge in [-0.15, -0.1) is 0 Å². The maximum atomic E-state index is 15.3. The Morgan fingerprint density at radius 3 is 1.63 bits per heavy atom. The summed E-state index contributed by atoms with van der Waals surface area (Å²) in [5.41, 5.74) is 10.3. The van der Waals surface area contributed by atoms with E-state index in [9.17, 15) is 4.39 Å². The summed E-state index contributed by atoms with van der Waals surface area (Å²) >= 11 is 0. The minimum absolute atomic E-state index is 0.197. The predicted molar refractivity (Wildman–Crippen MR) is 190 cm³/mol. The summed E-state index contributed by atoms with van der Waals surface area (Å²) in [5, 5.41) is 0. The quantitative estimate of drug-likeness (QED) is 0.0974. The number of hydrogen-bond acceptors (Lipinski definition) is 0. The van der Waals surface area contributed by atoms with Gasteiger partial charge in [-0.05, 0) is 115 Å². The Hall–Kier alpha value is -4.48. The third-order valence-electron chi connectivity index (χ3n) is 8.76. The molecule has 0 atom stereocenters. The van der Waals surface area contributed by atoms with Crippen LogP contribution < -0.4 is 0 Å². The molecule has 0 nitrogen and oxygen atoms in total. The van der Waals surface area contributed by atoms with Gasteiger partial charge in [-0.2, -0.15) is 0 Å². The second-order valence-electron chi connectivity index (χ2n) is 12.4. The van der Waals surface area contributed by atoms with Crippen LogP contribution in [0.15, 0.2) is 103 Å². The zero-order valence-corrected chi connectivity index (χ0v) is 27.4. The van der Waals surface area contributed by atoms with E-state index in [0.717, 1.165) is 72.8 Å². The Morgan fingerprint density at radius 1 is 0.478 bits per heavy atom. The first kappa shape index (κ1) is 32.9. The van der Waals surface area contributed by atoms with Crippen molar-refractivity contribution >= 4 is 0 Å². The molecule has 0 bridgehead atoms. The van der Waals surface area contributed by atoms with Crippen LogP contribution >= 0.6 is 0 Å². The molecule has 0 aromatic heterocycles. The molecule has 46 heavy (non-hydrogen) atoms. The molecule has 5 aromatic rings. The van der Waals surface area contributed by atoms with Gasteiger partial charge in [-0.1, -0.05) is 118 Å². The third kappa shape index (κ3) is 8.82. The van der Waals surface area contributed by atoms with Crippen molar-refractivity contribution in [3.8, 4) is 34.1 Å². The van der Waals surface area contributed by atoms with Crippen LogP contribution in [0.25, 0.3) is 22.3 Å². The molecule has 0 heterocycles. The fourth-order valence-electron chi connectivity index (χ4n) is 5.83. The molecule has 0 unspecified atom stereocenters. The van der Waals surface area contributed by atoms with Crippen molar-refractivity contribution in [1.82, 2.24) is 0 Å². The van der Waals surface area contributed by atoms with Crippen LogP contribution in [0.3, 0.4) is 0 Å². The molecular weight excluding hydrogens is 566 g/mol. The number of hydrogen-bond donors (Lipinski definition) is 0. The molecule has 2 heteroatoms. The lowest BCUT2D eigenvalue weighted by Crippen LogP contribution is -1.94. The van der Waals surface area contributed by atoms with E-state index >= 15 is 4.39 Å². The van der Waals surface area contributed by atoms with Crippen molar-refractivity contribution in [3.05, 3.63) is 154 Å². The predicted octanol–water partition coefficient (Wildman–Crippen LogP) is 11.9. The zero-order chi connectivity index (χ0) is 32.3. The van der Waals surface area contributed by atoms with E-state index in [0.29, 0.717) is 16.7 Å². The average Bonchev–Trinajstić information content (AvgIpc) is 3.08. The highest BCUT2D eigenvalue weighted by molar-refractivity contribution is 5.68. The Balaban J connectivity index is 1.21. The fraction of sp³-hybridized carbons (Fsp3) is 0.273. The van der Waals surface area contributed by atoms with E-state index in [1.165, 1.54) is 35.6 Å². The highest BCUT2D eigenvalue weighted by Gasteiger charge is 2.10. The Labute approximate surface area is 274 Å². The Morgan fingerprint density at radius 2 is 1.00 bits per heavy atom. The molecule has 0 N–H and O–H groups in total. The molecule has 0 fully saturated rings. The average molecular weight is 611 g/mol. The van der Waals surface area contributed by atoms with Crippen LogP contribution in [0, 0.1) is 30.4 Å². The summed E-state index contributed by atoms with van der Waals surface area (Å²) in [6.45, 7) is 6.36. The summed E-state index contributed by atoms with van der Waals surface area (Å²) in [7, 11) is 0. The molecule has 5 rings (SSSR count). The molecule has 0 saturated carbocycles. The second-order valence-corrected chi connectivity index (χ2v) is 12.4. The summed E-state index contributed by atoms with van der Waals surface area (Å²) < 4.78 is 30.2. The highest BCUT2D eigenvalue weighted by atomic mass is 19.1. The Kier molecular flexibility index (Phi) is 11.6. The topological polar surface area (TPSA) is 0 Å². The Bertz CT molecular complexity index is 1780. The van der Waals surface area contributed by atoms with Gasteiger partial charge in [0.2, 0.25) is 0 Å². The molecule has 0 saturated heterocycles. The molecule has 0 spiro atoms. The van der Waals surface area contributed by atoms with Gasteiger partial charge in [0.15, 0.2) is 0 Å². The number of benzene rings is 5. The molecule has 0 amide bonds. The summed E-state index contributed by atoms with van der Waals surface area (Å²) in [6, 6.07) is 33.7. The van der Waals surface area contributed by atoms with Gasteiger partial charge in [-0.3, -0.25) is 0 Å². The van der Waals surface area contributed by atoms with Crippen LogP contribution in [0.5, 0.6) is 0 Å². The van der Waals surface area contributed by atoms with E-state index in [-0.39, 0.29) is 11.6 Å². The van der Waals surface area contributed by atoms with Crippen LogP contribution in [0.1, 0.15) is 84.9 Å². The maximum Gasteiger partial charge on any atom is 0.132 e. The van der Waals surface area contributed by atoms with Crippen molar-refractivity contribution in [3.63, 3.8) is 0 Å². The van der Waals surface area contributed by atoms with Crippen molar-refractivity contribution in [2.75, 3.05) is 0 Å². The number of unbranched alkanes of at least 4 members (excludes halogenated alkanes) is 3. The van der Waals surface area contributed by atoms with Crippen molar-refractivity contribution in [1.29, 1.82) is 0 Å². The van der Waals surface area contributed by atoms with Crippen LogP contribution in [0.2, 0.25) is 0 Å². The van der Waals surface area contributed by atoms with E-state index in [1.54, 1.807) is 6.07 Å². The first-order valence-electron chi connectivity index (χ1n) is 16.8. The summed E-state index contributed by atoms with van der Waals surface area (Å²) in [5.74, 6) is 5.82. The van der Waals surface area contributed by atoms with Gasteiger partial charge in [-0.25, -0.2) is 8.78 Å². The van der Waals surface area contributed by atoms with Crippen molar-refractivity contribution < 1.29 is 8.78 Å². The lowest BCUT2D eigenvalue weighted by atomic mass is 9.96. The fourth-order valence-corrected chi connectivity index (χ4v) is 5.83. The van der Waals surface area contributed by atoms with Crippen molar-refractivity contribution in [2.24, 2.45) is 0 Å². The van der Waals surface area contributed by atoms with Gasteiger partial charge in [0.05, 0.1) is 0 Å². The summed E-state index contributed by atoms with van der Waals surface area (Å²) in [4.78, 5) is 0. The van der Waals surface area contributed by atoms with Gasteiger partial charge in [0, 0.05) is 22.3 Å². The number of rotatable bonds is 12. The second kappa shape index (κ2) is 16.2. The normalized spacial score (nSPS) is 10.9. The molecule has 0 aliphatic rings. The largest absolute Gasteiger partial charge is 0.206 e. The maximum absolute atomic E-state index is 15.3. The lowest BCUT2D eigenvalue weighted by molar-refractivity contribution is 0.626.